The fourth-order valence-corrected chi connectivity index (χ4v) is 4.24. The van der Waals surface area contributed by atoms with Gasteiger partial charge in [0, 0.05) is 50.6 Å². The molecule has 6 nitrogen and oxygen atoms in total. The Bertz CT molecular complexity index is 968. The van der Waals surface area contributed by atoms with Crippen molar-refractivity contribution < 1.29 is 4.39 Å². The molecule has 0 unspecified atom stereocenters. The molecule has 0 aliphatic carbocycles. The summed E-state index contributed by atoms with van der Waals surface area (Å²) in [5.41, 5.74) is 3.10. The average molecular weight is 380 g/mol. The highest BCUT2D eigenvalue weighted by Crippen LogP contribution is 2.30. The van der Waals surface area contributed by atoms with Gasteiger partial charge in [0.2, 0.25) is 5.95 Å². The number of anilines is 3. The number of halogens is 1. The van der Waals surface area contributed by atoms with Crippen LogP contribution in [0.1, 0.15) is 18.5 Å². The molecule has 0 radical (unpaired) electrons. The summed E-state index contributed by atoms with van der Waals surface area (Å²) < 4.78 is 13.2. The van der Waals surface area contributed by atoms with Crippen LogP contribution in [-0.4, -0.2) is 54.2 Å². The van der Waals surface area contributed by atoms with Crippen molar-refractivity contribution in [1.29, 1.82) is 0 Å². The molecule has 28 heavy (non-hydrogen) atoms. The van der Waals surface area contributed by atoms with Gasteiger partial charge in [-0.2, -0.15) is 9.97 Å². The summed E-state index contributed by atoms with van der Waals surface area (Å²) in [7, 11) is 0. The Balaban J connectivity index is 1.42. The zero-order valence-electron chi connectivity index (χ0n) is 16.2. The predicted octanol–water partition coefficient (Wildman–Crippen LogP) is 3.33. The van der Waals surface area contributed by atoms with E-state index in [0.717, 1.165) is 73.4 Å². The summed E-state index contributed by atoms with van der Waals surface area (Å²) in [5.74, 6) is 1.67. The van der Waals surface area contributed by atoms with Crippen molar-refractivity contribution in [3.8, 4) is 0 Å². The summed E-state index contributed by atoms with van der Waals surface area (Å²) in [6.07, 6.45) is 2.41. The topological polar surface area (TPSA) is 51.3 Å². The number of fused-ring (bicyclic) bond motifs is 1. The van der Waals surface area contributed by atoms with Crippen LogP contribution in [0.25, 0.3) is 11.0 Å². The number of rotatable bonds is 3. The summed E-state index contributed by atoms with van der Waals surface area (Å²) in [6, 6.07) is 8.91. The largest absolute Gasteiger partial charge is 0.368 e. The number of piperazine rings is 1. The van der Waals surface area contributed by atoms with E-state index in [-0.39, 0.29) is 5.82 Å². The zero-order valence-corrected chi connectivity index (χ0v) is 16.2. The first-order valence-corrected chi connectivity index (χ1v) is 10.1. The van der Waals surface area contributed by atoms with Crippen molar-refractivity contribution in [1.82, 2.24) is 15.0 Å². The van der Waals surface area contributed by atoms with Gasteiger partial charge in [-0.15, -0.1) is 0 Å². The Hall–Kier alpha value is -2.83. The molecule has 3 aromatic rings. The Morgan fingerprint density at radius 2 is 1.54 bits per heavy atom. The van der Waals surface area contributed by atoms with E-state index >= 15 is 0 Å². The Morgan fingerprint density at radius 3 is 2.25 bits per heavy atom. The van der Waals surface area contributed by atoms with Crippen molar-refractivity contribution in [3.63, 3.8) is 0 Å². The summed E-state index contributed by atoms with van der Waals surface area (Å²) in [6.45, 7) is 7.67. The second-order valence-electron chi connectivity index (χ2n) is 7.71. The quantitative estimate of drug-likeness (QED) is 0.755. The number of hydrogen-bond donors (Lipinski definition) is 1. The molecule has 0 amide bonds. The fraction of sp³-hybridized carbons (Fsp3) is 0.429. The number of aromatic nitrogens is 3. The molecular formula is C21H25FN6. The van der Waals surface area contributed by atoms with Gasteiger partial charge in [0.05, 0.1) is 5.39 Å². The van der Waals surface area contributed by atoms with Crippen LogP contribution in [-0.2, 0) is 0 Å². The highest BCUT2D eigenvalue weighted by atomic mass is 19.1. The minimum Gasteiger partial charge on any atom is -0.368 e. The summed E-state index contributed by atoms with van der Waals surface area (Å²) in [5, 5.41) is 1.09. The number of benzene rings is 1. The molecule has 2 fully saturated rings. The molecule has 0 atom stereocenters. The van der Waals surface area contributed by atoms with Crippen molar-refractivity contribution in [2.45, 2.75) is 19.8 Å². The van der Waals surface area contributed by atoms with Gasteiger partial charge in [-0.3, -0.25) is 0 Å². The maximum atomic E-state index is 13.2. The summed E-state index contributed by atoms with van der Waals surface area (Å²) >= 11 is 0. The van der Waals surface area contributed by atoms with Crippen LogP contribution in [0, 0.1) is 12.7 Å². The van der Waals surface area contributed by atoms with E-state index in [1.54, 1.807) is 0 Å². The molecule has 1 N–H and O–H groups in total. The van der Waals surface area contributed by atoms with Crippen molar-refractivity contribution in [2.75, 3.05) is 54.0 Å². The number of aromatic amines is 1. The van der Waals surface area contributed by atoms with Crippen LogP contribution in [0.5, 0.6) is 0 Å². The highest BCUT2D eigenvalue weighted by Gasteiger charge is 2.24. The monoisotopic (exact) mass is 380 g/mol. The average Bonchev–Trinajstić information content (AvgIpc) is 3.37. The number of aryl methyl sites for hydroxylation is 1. The SMILES string of the molecule is Cc1cc2c(N3CCN(c4ccc(F)cc4)CC3)nc(N3CCCC3)nc2[nH]1. The van der Waals surface area contributed by atoms with Crippen LogP contribution in [0.3, 0.4) is 0 Å². The fourth-order valence-electron chi connectivity index (χ4n) is 4.24. The molecular weight excluding hydrogens is 355 g/mol. The van der Waals surface area contributed by atoms with E-state index in [9.17, 15) is 4.39 Å². The van der Waals surface area contributed by atoms with Crippen LogP contribution >= 0.6 is 0 Å². The number of H-pyrrole nitrogens is 1. The molecule has 2 saturated heterocycles. The van der Waals surface area contributed by atoms with E-state index in [1.165, 1.54) is 25.0 Å². The van der Waals surface area contributed by atoms with E-state index in [4.69, 9.17) is 9.97 Å². The first kappa shape index (κ1) is 17.3. The highest BCUT2D eigenvalue weighted by molar-refractivity contribution is 5.89. The van der Waals surface area contributed by atoms with Crippen LogP contribution < -0.4 is 14.7 Å². The van der Waals surface area contributed by atoms with E-state index in [1.807, 2.05) is 12.1 Å². The third-order valence-electron chi connectivity index (χ3n) is 5.75. The van der Waals surface area contributed by atoms with Gasteiger partial charge >= 0.3 is 0 Å². The van der Waals surface area contributed by atoms with Gasteiger partial charge < -0.3 is 19.7 Å². The number of nitrogens with zero attached hydrogens (tertiary/aromatic N) is 5. The standard InChI is InChI=1S/C21H25FN6/c1-15-14-18-19(23-15)24-21(28-8-2-3-9-28)25-20(18)27-12-10-26(11-13-27)17-6-4-16(22)5-7-17/h4-7,14H,2-3,8-13H2,1H3,(H,23,24,25). The molecule has 4 heterocycles. The number of nitrogens with one attached hydrogen (secondary N) is 1. The molecule has 2 aliphatic heterocycles. The third-order valence-corrected chi connectivity index (χ3v) is 5.75. The lowest BCUT2D eigenvalue weighted by atomic mass is 10.2. The normalized spacial score (nSPS) is 17.7. The van der Waals surface area contributed by atoms with Gasteiger partial charge in [0.25, 0.3) is 0 Å². The maximum absolute atomic E-state index is 13.2. The van der Waals surface area contributed by atoms with E-state index in [2.05, 4.69) is 32.7 Å². The van der Waals surface area contributed by atoms with Crippen molar-refractivity contribution in [2.24, 2.45) is 0 Å². The molecule has 2 aromatic heterocycles. The van der Waals surface area contributed by atoms with Gasteiger partial charge in [-0.25, -0.2) is 4.39 Å². The second kappa shape index (κ2) is 6.96. The molecule has 0 saturated carbocycles. The number of hydrogen-bond acceptors (Lipinski definition) is 5. The predicted molar refractivity (Wildman–Crippen MR) is 111 cm³/mol. The van der Waals surface area contributed by atoms with Gasteiger partial charge in [-0.05, 0) is 50.1 Å². The smallest absolute Gasteiger partial charge is 0.229 e. The molecule has 0 bridgehead atoms. The van der Waals surface area contributed by atoms with Crippen molar-refractivity contribution >= 4 is 28.5 Å². The van der Waals surface area contributed by atoms with Gasteiger partial charge in [0.15, 0.2) is 0 Å². The lowest BCUT2D eigenvalue weighted by Crippen LogP contribution is -2.47. The minimum absolute atomic E-state index is 0.192. The zero-order chi connectivity index (χ0) is 19.1. The van der Waals surface area contributed by atoms with E-state index in [0.29, 0.717) is 0 Å². The third kappa shape index (κ3) is 3.15. The van der Waals surface area contributed by atoms with Crippen LogP contribution in [0.15, 0.2) is 30.3 Å². The van der Waals surface area contributed by atoms with Gasteiger partial charge in [0.1, 0.15) is 17.3 Å². The van der Waals surface area contributed by atoms with Gasteiger partial charge in [-0.1, -0.05) is 0 Å². The molecule has 1 aromatic carbocycles. The molecule has 0 spiro atoms. The first-order chi connectivity index (χ1) is 13.7. The lowest BCUT2D eigenvalue weighted by Gasteiger charge is -2.37. The molecule has 146 valence electrons. The maximum Gasteiger partial charge on any atom is 0.229 e. The van der Waals surface area contributed by atoms with Crippen molar-refractivity contribution in [3.05, 3.63) is 41.8 Å². The summed E-state index contributed by atoms with van der Waals surface area (Å²) in [4.78, 5) is 20.1. The molecule has 5 rings (SSSR count). The van der Waals surface area contributed by atoms with Crippen LogP contribution in [0.2, 0.25) is 0 Å². The molecule has 7 heteroatoms. The van der Waals surface area contributed by atoms with E-state index < -0.39 is 0 Å². The minimum atomic E-state index is -0.192. The first-order valence-electron chi connectivity index (χ1n) is 10.1. The Morgan fingerprint density at radius 1 is 0.857 bits per heavy atom. The lowest BCUT2D eigenvalue weighted by molar-refractivity contribution is 0.624. The van der Waals surface area contributed by atoms with Crippen LogP contribution in [0.4, 0.5) is 21.8 Å². The molecule has 2 aliphatic rings. The Kier molecular flexibility index (Phi) is 4.30. The second-order valence-corrected chi connectivity index (χ2v) is 7.71. The Labute approximate surface area is 164 Å².